The first kappa shape index (κ1) is 17.4. The Labute approximate surface area is 168 Å². The molecule has 0 saturated carbocycles. The Bertz CT molecular complexity index is 1160. The molecule has 7 nitrogen and oxygen atoms in total. The van der Waals surface area contributed by atoms with Gasteiger partial charge in [-0.05, 0) is 30.7 Å². The van der Waals surface area contributed by atoms with E-state index in [2.05, 4.69) is 20.5 Å². The van der Waals surface area contributed by atoms with Crippen molar-refractivity contribution in [2.45, 2.75) is 25.8 Å². The molecule has 1 unspecified atom stereocenters. The number of rotatable bonds is 4. The third-order valence-electron chi connectivity index (χ3n) is 5.28. The minimum Gasteiger partial charge on any atom is -0.311 e. The predicted octanol–water partition coefficient (Wildman–Crippen LogP) is 3.29. The highest BCUT2D eigenvalue weighted by Crippen LogP contribution is 2.38. The molecule has 0 aliphatic carbocycles. The monoisotopic (exact) mass is 384 g/mol. The maximum Gasteiger partial charge on any atom is 0.226 e. The van der Waals surface area contributed by atoms with Crippen molar-refractivity contribution in [3.8, 4) is 5.69 Å². The average Bonchev–Trinajstić information content (AvgIpc) is 3.33. The SMILES string of the molecule is Cc1nn(-c2ccccc2)cc1C1CC(=O)Nc2c1cnn2Cc1cccnc1. The zero-order valence-corrected chi connectivity index (χ0v) is 16.0. The summed E-state index contributed by atoms with van der Waals surface area (Å²) in [6, 6.07) is 13.9. The smallest absolute Gasteiger partial charge is 0.226 e. The number of anilines is 1. The van der Waals surface area contributed by atoms with Crippen molar-refractivity contribution in [1.29, 1.82) is 0 Å². The molecule has 144 valence electrons. The number of fused-ring (bicyclic) bond motifs is 1. The summed E-state index contributed by atoms with van der Waals surface area (Å²) in [7, 11) is 0. The molecule has 0 bridgehead atoms. The minimum atomic E-state index is -0.0705. The lowest BCUT2D eigenvalue weighted by molar-refractivity contribution is -0.116. The van der Waals surface area contributed by atoms with Crippen LogP contribution in [0.5, 0.6) is 0 Å². The van der Waals surface area contributed by atoms with Gasteiger partial charge in [0.05, 0.1) is 24.1 Å². The number of hydrogen-bond acceptors (Lipinski definition) is 4. The Morgan fingerprint density at radius 3 is 2.76 bits per heavy atom. The first-order valence-electron chi connectivity index (χ1n) is 9.55. The van der Waals surface area contributed by atoms with E-state index in [4.69, 9.17) is 0 Å². The van der Waals surface area contributed by atoms with Crippen LogP contribution in [0.4, 0.5) is 5.82 Å². The Morgan fingerprint density at radius 1 is 1.10 bits per heavy atom. The summed E-state index contributed by atoms with van der Waals surface area (Å²) < 4.78 is 3.70. The van der Waals surface area contributed by atoms with E-state index in [1.165, 1.54) is 0 Å². The Balaban J connectivity index is 1.52. The maximum atomic E-state index is 12.5. The van der Waals surface area contributed by atoms with E-state index in [1.807, 2.05) is 77.3 Å². The first-order valence-corrected chi connectivity index (χ1v) is 9.55. The fraction of sp³-hybridized carbons (Fsp3) is 0.182. The van der Waals surface area contributed by atoms with E-state index in [0.29, 0.717) is 13.0 Å². The quantitative estimate of drug-likeness (QED) is 0.586. The van der Waals surface area contributed by atoms with Crippen molar-refractivity contribution in [1.82, 2.24) is 24.5 Å². The number of carbonyl (C=O) groups excluding carboxylic acids is 1. The third-order valence-corrected chi connectivity index (χ3v) is 5.28. The minimum absolute atomic E-state index is 0.0118. The van der Waals surface area contributed by atoms with Crippen LogP contribution in [0, 0.1) is 6.92 Å². The molecule has 5 rings (SSSR count). The zero-order chi connectivity index (χ0) is 19.8. The molecule has 1 aliphatic heterocycles. The van der Waals surface area contributed by atoms with Crippen LogP contribution >= 0.6 is 0 Å². The van der Waals surface area contributed by atoms with E-state index in [9.17, 15) is 4.79 Å². The zero-order valence-electron chi connectivity index (χ0n) is 16.0. The fourth-order valence-electron chi connectivity index (χ4n) is 3.86. The van der Waals surface area contributed by atoms with Gasteiger partial charge in [-0.15, -0.1) is 0 Å². The molecular formula is C22H20N6O. The summed E-state index contributed by atoms with van der Waals surface area (Å²) in [5.74, 6) is 0.670. The molecule has 1 N–H and O–H groups in total. The standard InChI is InChI=1S/C22H20N6O/c1-15-20(14-27(26-15)17-7-3-2-4-8-17)18-10-21(29)25-22-19(18)12-24-28(22)13-16-6-5-9-23-11-16/h2-9,11-12,14,18H,10,13H2,1H3,(H,25,29). The molecule has 1 atom stereocenters. The summed E-state index contributed by atoms with van der Waals surface area (Å²) >= 11 is 0. The summed E-state index contributed by atoms with van der Waals surface area (Å²) in [6.45, 7) is 2.54. The van der Waals surface area contributed by atoms with Crippen molar-refractivity contribution in [3.05, 3.63) is 89.6 Å². The van der Waals surface area contributed by atoms with Gasteiger partial charge in [-0.25, -0.2) is 9.36 Å². The summed E-state index contributed by atoms with van der Waals surface area (Å²) in [5.41, 5.74) is 5.01. The van der Waals surface area contributed by atoms with Crippen LogP contribution < -0.4 is 5.32 Å². The molecule has 29 heavy (non-hydrogen) atoms. The number of nitrogens with zero attached hydrogens (tertiary/aromatic N) is 5. The lowest BCUT2D eigenvalue weighted by Crippen LogP contribution is -2.25. The normalized spacial score (nSPS) is 15.8. The van der Waals surface area contributed by atoms with Crippen molar-refractivity contribution in [3.63, 3.8) is 0 Å². The van der Waals surface area contributed by atoms with Gasteiger partial charge >= 0.3 is 0 Å². The van der Waals surface area contributed by atoms with Gasteiger partial charge in [-0.1, -0.05) is 24.3 Å². The van der Waals surface area contributed by atoms with Crippen LogP contribution in [0.15, 0.2) is 67.3 Å². The molecular weight excluding hydrogens is 364 g/mol. The first-order chi connectivity index (χ1) is 14.2. The number of pyridine rings is 1. The molecule has 1 aromatic carbocycles. The van der Waals surface area contributed by atoms with Crippen LogP contribution in [0.1, 0.15) is 34.7 Å². The van der Waals surface area contributed by atoms with Gasteiger partial charge in [0.1, 0.15) is 5.82 Å². The lowest BCUT2D eigenvalue weighted by atomic mass is 9.88. The number of carbonyl (C=O) groups is 1. The number of benzene rings is 1. The second kappa shape index (κ2) is 7.01. The maximum absolute atomic E-state index is 12.5. The highest BCUT2D eigenvalue weighted by atomic mass is 16.1. The van der Waals surface area contributed by atoms with Crippen molar-refractivity contribution in [2.24, 2.45) is 0 Å². The van der Waals surface area contributed by atoms with Crippen LogP contribution in [0.2, 0.25) is 0 Å². The van der Waals surface area contributed by atoms with Crippen LogP contribution in [0.25, 0.3) is 5.69 Å². The Hall–Kier alpha value is -3.74. The lowest BCUT2D eigenvalue weighted by Gasteiger charge is -2.23. The van der Waals surface area contributed by atoms with Crippen LogP contribution in [-0.4, -0.2) is 30.5 Å². The number of aryl methyl sites for hydroxylation is 1. The van der Waals surface area contributed by atoms with Gasteiger partial charge in [0.2, 0.25) is 5.91 Å². The molecule has 0 saturated heterocycles. The van der Waals surface area contributed by atoms with E-state index >= 15 is 0 Å². The van der Waals surface area contributed by atoms with Gasteiger partial charge in [0.15, 0.2) is 0 Å². The molecule has 1 amide bonds. The van der Waals surface area contributed by atoms with Crippen molar-refractivity contribution in [2.75, 3.05) is 5.32 Å². The Morgan fingerprint density at radius 2 is 1.97 bits per heavy atom. The van der Waals surface area contributed by atoms with Gasteiger partial charge in [-0.3, -0.25) is 9.78 Å². The number of hydrogen-bond donors (Lipinski definition) is 1. The summed E-state index contributed by atoms with van der Waals surface area (Å²) in [6.07, 6.45) is 7.81. The summed E-state index contributed by atoms with van der Waals surface area (Å²) in [4.78, 5) is 16.7. The molecule has 4 heterocycles. The molecule has 0 spiro atoms. The summed E-state index contributed by atoms with van der Waals surface area (Å²) in [5, 5.41) is 12.2. The highest BCUT2D eigenvalue weighted by molar-refractivity contribution is 5.94. The van der Waals surface area contributed by atoms with E-state index < -0.39 is 0 Å². The molecule has 1 aliphatic rings. The van der Waals surface area contributed by atoms with E-state index in [-0.39, 0.29) is 11.8 Å². The largest absolute Gasteiger partial charge is 0.311 e. The van der Waals surface area contributed by atoms with Crippen LogP contribution in [-0.2, 0) is 11.3 Å². The molecule has 3 aromatic heterocycles. The molecule has 0 fully saturated rings. The molecule has 0 radical (unpaired) electrons. The highest BCUT2D eigenvalue weighted by Gasteiger charge is 2.32. The van der Waals surface area contributed by atoms with Gasteiger partial charge in [0, 0.05) is 42.1 Å². The van der Waals surface area contributed by atoms with E-state index in [1.54, 1.807) is 6.20 Å². The fourth-order valence-corrected chi connectivity index (χ4v) is 3.86. The van der Waals surface area contributed by atoms with Crippen LogP contribution in [0.3, 0.4) is 0 Å². The number of para-hydroxylation sites is 1. The van der Waals surface area contributed by atoms with Gasteiger partial charge in [-0.2, -0.15) is 10.2 Å². The Kier molecular flexibility index (Phi) is 4.20. The second-order valence-electron chi connectivity index (χ2n) is 7.22. The predicted molar refractivity (Wildman–Crippen MR) is 109 cm³/mol. The third kappa shape index (κ3) is 3.20. The number of nitrogens with one attached hydrogen (secondary N) is 1. The average molecular weight is 384 g/mol. The van der Waals surface area contributed by atoms with Gasteiger partial charge < -0.3 is 5.32 Å². The topological polar surface area (TPSA) is 77.6 Å². The van der Waals surface area contributed by atoms with Crippen molar-refractivity contribution < 1.29 is 4.79 Å². The molecule has 4 aromatic rings. The molecule has 7 heteroatoms. The number of amides is 1. The van der Waals surface area contributed by atoms with Crippen molar-refractivity contribution >= 4 is 11.7 Å². The van der Waals surface area contributed by atoms with Gasteiger partial charge in [0.25, 0.3) is 0 Å². The second-order valence-corrected chi connectivity index (χ2v) is 7.22. The number of aromatic nitrogens is 5. The van der Waals surface area contributed by atoms with E-state index in [0.717, 1.165) is 33.9 Å².